The zero-order valence-electron chi connectivity index (χ0n) is 11.0. The van der Waals surface area contributed by atoms with E-state index in [4.69, 9.17) is 10.5 Å². The highest BCUT2D eigenvalue weighted by molar-refractivity contribution is 5.94. The van der Waals surface area contributed by atoms with E-state index in [1.54, 1.807) is 0 Å². The number of benzene rings is 1. The summed E-state index contributed by atoms with van der Waals surface area (Å²) in [6, 6.07) is 9.27. The molecule has 1 aliphatic rings. The molecule has 1 aromatic rings. The van der Waals surface area contributed by atoms with Gasteiger partial charge in [-0.05, 0) is 25.0 Å². The van der Waals surface area contributed by atoms with Gasteiger partial charge in [0.05, 0.1) is 6.10 Å². The minimum atomic E-state index is -0.535. The smallest absolute Gasteiger partial charge is 0.296 e. The molecule has 2 rings (SSSR count). The summed E-state index contributed by atoms with van der Waals surface area (Å²) in [5.74, 6) is 4.46. The van der Waals surface area contributed by atoms with Crippen LogP contribution in [0.25, 0.3) is 0 Å². The van der Waals surface area contributed by atoms with Crippen molar-refractivity contribution >= 4 is 11.8 Å². The average molecular weight is 272 g/mol. The molecular formula is C15H16N2O3. The van der Waals surface area contributed by atoms with Crippen LogP contribution in [-0.2, 0) is 14.3 Å². The Kier molecular flexibility index (Phi) is 4.75. The third-order valence-electron chi connectivity index (χ3n) is 3.01. The Morgan fingerprint density at radius 2 is 2.05 bits per heavy atom. The van der Waals surface area contributed by atoms with E-state index in [9.17, 15) is 9.59 Å². The lowest BCUT2D eigenvalue weighted by atomic mass is 10.2. The van der Waals surface area contributed by atoms with Gasteiger partial charge in [0.2, 0.25) is 5.91 Å². The zero-order chi connectivity index (χ0) is 14.4. The molecule has 1 aromatic carbocycles. The molecule has 0 bridgehead atoms. The van der Waals surface area contributed by atoms with Crippen molar-refractivity contribution in [3.63, 3.8) is 0 Å². The number of nitrogens with two attached hydrogens (primary N) is 1. The molecule has 3 N–H and O–H groups in total. The fraction of sp³-hybridized carbons (Fsp3) is 0.333. The number of carbonyl (C=O) groups is 2. The molecule has 0 saturated carbocycles. The van der Waals surface area contributed by atoms with Crippen molar-refractivity contribution in [3.05, 3.63) is 35.9 Å². The Labute approximate surface area is 117 Å². The van der Waals surface area contributed by atoms with Crippen molar-refractivity contribution in [2.75, 3.05) is 6.54 Å². The van der Waals surface area contributed by atoms with Crippen LogP contribution in [0.4, 0.5) is 0 Å². The summed E-state index contributed by atoms with van der Waals surface area (Å²) in [6.45, 7) is 0.339. The summed E-state index contributed by atoms with van der Waals surface area (Å²) < 4.78 is 5.40. The van der Waals surface area contributed by atoms with Crippen LogP contribution in [0.2, 0.25) is 0 Å². The molecule has 1 aliphatic heterocycles. The first-order valence-electron chi connectivity index (χ1n) is 6.45. The predicted octanol–water partition coefficient (Wildman–Crippen LogP) is 0.187. The number of amides is 2. The van der Waals surface area contributed by atoms with Gasteiger partial charge in [-0.2, -0.15) is 0 Å². The molecule has 0 aromatic heterocycles. The number of hydrogen-bond acceptors (Lipinski definition) is 3. The van der Waals surface area contributed by atoms with E-state index in [0.29, 0.717) is 19.4 Å². The van der Waals surface area contributed by atoms with Crippen LogP contribution in [0.3, 0.4) is 0 Å². The topological polar surface area (TPSA) is 81.4 Å². The molecule has 1 fully saturated rings. The van der Waals surface area contributed by atoms with Gasteiger partial charge in [0, 0.05) is 18.0 Å². The number of ether oxygens (including phenoxy) is 1. The zero-order valence-corrected chi connectivity index (χ0v) is 11.0. The van der Waals surface area contributed by atoms with Crippen molar-refractivity contribution in [1.29, 1.82) is 0 Å². The van der Waals surface area contributed by atoms with Crippen molar-refractivity contribution in [2.45, 2.75) is 25.0 Å². The maximum Gasteiger partial charge on any atom is 0.296 e. The van der Waals surface area contributed by atoms with Crippen molar-refractivity contribution in [2.24, 2.45) is 5.73 Å². The Bertz CT molecular complexity index is 545. The summed E-state index contributed by atoms with van der Waals surface area (Å²) >= 11 is 0. The normalized spacial score (nSPS) is 20.8. The Morgan fingerprint density at radius 1 is 1.30 bits per heavy atom. The van der Waals surface area contributed by atoms with E-state index < -0.39 is 12.0 Å². The quantitative estimate of drug-likeness (QED) is 0.771. The Balaban J connectivity index is 1.77. The van der Waals surface area contributed by atoms with Crippen LogP contribution in [0, 0.1) is 11.8 Å². The molecule has 20 heavy (non-hydrogen) atoms. The highest BCUT2D eigenvalue weighted by Gasteiger charge is 2.28. The van der Waals surface area contributed by atoms with Gasteiger partial charge < -0.3 is 15.8 Å². The van der Waals surface area contributed by atoms with E-state index in [1.807, 2.05) is 30.3 Å². The van der Waals surface area contributed by atoms with E-state index in [0.717, 1.165) is 5.56 Å². The number of nitrogens with one attached hydrogen (secondary N) is 1. The van der Waals surface area contributed by atoms with Gasteiger partial charge in [0.1, 0.15) is 6.10 Å². The number of carbonyl (C=O) groups excluding carboxylic acids is 2. The van der Waals surface area contributed by atoms with E-state index >= 15 is 0 Å². The monoisotopic (exact) mass is 272 g/mol. The van der Waals surface area contributed by atoms with Gasteiger partial charge in [-0.1, -0.05) is 24.1 Å². The number of primary amides is 1. The third kappa shape index (κ3) is 4.11. The molecular weight excluding hydrogens is 256 g/mol. The molecule has 5 nitrogen and oxygen atoms in total. The minimum Gasteiger partial charge on any atom is -0.367 e. The molecule has 0 aliphatic carbocycles. The fourth-order valence-corrected chi connectivity index (χ4v) is 1.97. The van der Waals surface area contributed by atoms with Crippen LogP contribution in [0.15, 0.2) is 30.3 Å². The van der Waals surface area contributed by atoms with Crippen LogP contribution < -0.4 is 11.1 Å². The second kappa shape index (κ2) is 6.73. The third-order valence-corrected chi connectivity index (χ3v) is 3.01. The molecule has 2 amide bonds. The maximum absolute atomic E-state index is 11.6. The van der Waals surface area contributed by atoms with E-state index in [1.165, 1.54) is 0 Å². The molecule has 0 spiro atoms. The minimum absolute atomic E-state index is 0.171. The number of hydrogen-bond donors (Lipinski definition) is 2. The summed E-state index contributed by atoms with van der Waals surface area (Å²) in [5, 5.41) is 2.66. The van der Waals surface area contributed by atoms with Gasteiger partial charge >= 0.3 is 0 Å². The second-order valence-electron chi connectivity index (χ2n) is 4.55. The van der Waals surface area contributed by atoms with Gasteiger partial charge in [-0.15, -0.1) is 0 Å². The molecule has 104 valence electrons. The average Bonchev–Trinajstić information content (AvgIpc) is 2.93. The standard InChI is InChI=1S/C15H16N2O3/c16-15(19)13-8-7-12(20-13)10-17-14(18)9-6-11-4-2-1-3-5-11/h1-5,12-13H,7-8,10H2,(H2,16,19)(H,17,18)/t12-,13-/m1/s1. The molecule has 2 atom stereocenters. The lowest BCUT2D eigenvalue weighted by Gasteiger charge is -2.11. The first-order valence-corrected chi connectivity index (χ1v) is 6.45. The molecule has 5 heteroatoms. The number of rotatable bonds is 3. The largest absolute Gasteiger partial charge is 0.367 e. The summed E-state index contributed by atoms with van der Waals surface area (Å²) in [5.41, 5.74) is 5.94. The van der Waals surface area contributed by atoms with Crippen molar-refractivity contribution in [1.82, 2.24) is 5.32 Å². The van der Waals surface area contributed by atoms with E-state index in [-0.39, 0.29) is 12.0 Å². The lowest BCUT2D eigenvalue weighted by molar-refractivity contribution is -0.128. The highest BCUT2D eigenvalue weighted by Crippen LogP contribution is 2.18. The van der Waals surface area contributed by atoms with Crippen molar-refractivity contribution < 1.29 is 14.3 Å². The van der Waals surface area contributed by atoms with E-state index in [2.05, 4.69) is 17.2 Å². The SMILES string of the molecule is NC(=O)[C@H]1CC[C@H](CNC(=O)C#Cc2ccccc2)O1. The maximum atomic E-state index is 11.6. The highest BCUT2D eigenvalue weighted by atomic mass is 16.5. The summed E-state index contributed by atoms with van der Waals surface area (Å²) in [4.78, 5) is 22.5. The Morgan fingerprint density at radius 3 is 2.70 bits per heavy atom. The Hall–Kier alpha value is -2.32. The lowest BCUT2D eigenvalue weighted by Crippen LogP contribution is -2.34. The molecule has 1 saturated heterocycles. The van der Waals surface area contributed by atoms with Crippen LogP contribution in [-0.4, -0.2) is 30.6 Å². The molecule has 1 heterocycles. The summed E-state index contributed by atoms with van der Waals surface area (Å²) in [7, 11) is 0. The van der Waals surface area contributed by atoms with Gasteiger partial charge in [0.15, 0.2) is 0 Å². The predicted molar refractivity (Wildman–Crippen MR) is 73.4 cm³/mol. The first kappa shape index (κ1) is 14.1. The summed E-state index contributed by atoms with van der Waals surface area (Å²) in [6.07, 6.45) is 0.605. The first-order chi connectivity index (χ1) is 9.65. The fourth-order valence-electron chi connectivity index (χ4n) is 1.97. The van der Waals surface area contributed by atoms with Crippen LogP contribution in [0.1, 0.15) is 18.4 Å². The van der Waals surface area contributed by atoms with Crippen LogP contribution >= 0.6 is 0 Å². The van der Waals surface area contributed by atoms with Crippen LogP contribution in [0.5, 0.6) is 0 Å². The van der Waals surface area contributed by atoms with Crippen molar-refractivity contribution in [3.8, 4) is 11.8 Å². The molecule has 0 radical (unpaired) electrons. The van der Waals surface area contributed by atoms with Gasteiger partial charge in [-0.25, -0.2) is 0 Å². The second-order valence-corrected chi connectivity index (χ2v) is 4.55. The molecule has 0 unspecified atom stereocenters. The van der Waals surface area contributed by atoms with Gasteiger partial charge in [0.25, 0.3) is 5.91 Å². The van der Waals surface area contributed by atoms with Gasteiger partial charge in [-0.3, -0.25) is 9.59 Å².